The molecule has 0 amide bonds. The second-order valence-corrected chi connectivity index (χ2v) is 5.37. The Balaban J connectivity index is 1.86. The van der Waals surface area contributed by atoms with Crippen molar-refractivity contribution in [3.8, 4) is 6.07 Å². The van der Waals surface area contributed by atoms with E-state index in [-0.39, 0.29) is 5.57 Å². The zero-order valence-electron chi connectivity index (χ0n) is 12.3. The minimum absolute atomic E-state index is 0.262. The van der Waals surface area contributed by atoms with Crippen LogP contribution in [0, 0.1) is 17.1 Å². The molecule has 0 N–H and O–H groups in total. The zero-order valence-corrected chi connectivity index (χ0v) is 12.3. The van der Waals surface area contributed by atoms with Crippen molar-refractivity contribution in [1.82, 2.24) is 0 Å². The van der Waals surface area contributed by atoms with Gasteiger partial charge in [0, 0.05) is 24.7 Å². The first-order valence-electron chi connectivity index (χ1n) is 7.49. The van der Waals surface area contributed by atoms with Crippen LogP contribution in [0.5, 0.6) is 0 Å². The van der Waals surface area contributed by atoms with E-state index in [2.05, 4.69) is 4.90 Å². The highest BCUT2D eigenvalue weighted by Gasteiger charge is 2.14. The van der Waals surface area contributed by atoms with Crippen LogP contribution in [-0.2, 0) is 0 Å². The van der Waals surface area contributed by atoms with Crippen LogP contribution in [0.1, 0.15) is 30.6 Å². The van der Waals surface area contributed by atoms with Gasteiger partial charge in [0.1, 0.15) is 11.6 Å². The number of piperidine rings is 1. The predicted octanol–water partition coefficient (Wildman–Crippen LogP) is 4.47. The van der Waals surface area contributed by atoms with Crippen molar-refractivity contribution in [3.63, 3.8) is 0 Å². The van der Waals surface area contributed by atoms with Crippen LogP contribution in [0.4, 0.5) is 10.3 Å². The standard InChI is InChI=1S/C18H17FN2O/c19-17-7-3-2-6-16(17)14(13-20)12-15-8-9-18(22-15)21-10-4-1-5-11-21/h2-3,6-9,12H,1,4-5,10-11H2. The first-order valence-corrected chi connectivity index (χ1v) is 7.49. The summed E-state index contributed by atoms with van der Waals surface area (Å²) in [5.41, 5.74) is 0.554. The molecule has 3 nitrogen and oxygen atoms in total. The van der Waals surface area contributed by atoms with E-state index < -0.39 is 5.82 Å². The first-order chi connectivity index (χ1) is 10.8. The summed E-state index contributed by atoms with van der Waals surface area (Å²) in [6.45, 7) is 1.99. The van der Waals surface area contributed by atoms with Gasteiger partial charge in [0.15, 0.2) is 5.88 Å². The predicted molar refractivity (Wildman–Crippen MR) is 84.7 cm³/mol. The molecule has 0 atom stereocenters. The highest BCUT2D eigenvalue weighted by molar-refractivity contribution is 5.89. The van der Waals surface area contributed by atoms with Gasteiger partial charge in [0.2, 0.25) is 0 Å². The van der Waals surface area contributed by atoms with Crippen molar-refractivity contribution < 1.29 is 8.81 Å². The number of nitriles is 1. The van der Waals surface area contributed by atoms with E-state index >= 15 is 0 Å². The second kappa shape index (κ2) is 6.48. The number of rotatable bonds is 3. The average molecular weight is 296 g/mol. The molecule has 1 aromatic carbocycles. The van der Waals surface area contributed by atoms with Gasteiger partial charge in [0.25, 0.3) is 0 Å². The summed E-state index contributed by atoms with van der Waals surface area (Å²) in [6.07, 6.45) is 5.19. The summed E-state index contributed by atoms with van der Waals surface area (Å²) in [5, 5.41) is 9.28. The fraction of sp³-hybridized carbons (Fsp3) is 0.278. The molecular formula is C18H17FN2O. The van der Waals surface area contributed by atoms with Crippen LogP contribution in [-0.4, -0.2) is 13.1 Å². The number of allylic oxidation sites excluding steroid dienone is 1. The summed E-state index contributed by atoms with van der Waals surface area (Å²) in [7, 11) is 0. The van der Waals surface area contributed by atoms with E-state index in [4.69, 9.17) is 4.42 Å². The van der Waals surface area contributed by atoms with Crippen molar-refractivity contribution in [3.05, 3.63) is 53.5 Å². The van der Waals surface area contributed by atoms with Crippen molar-refractivity contribution >= 4 is 17.5 Å². The van der Waals surface area contributed by atoms with Gasteiger partial charge in [-0.2, -0.15) is 5.26 Å². The van der Waals surface area contributed by atoms with Gasteiger partial charge in [-0.05, 0) is 37.5 Å². The van der Waals surface area contributed by atoms with Crippen LogP contribution in [0.15, 0.2) is 40.8 Å². The molecule has 0 bridgehead atoms. The molecule has 1 fully saturated rings. The maximum atomic E-state index is 13.8. The Labute approximate surface area is 129 Å². The molecule has 0 aliphatic carbocycles. The highest BCUT2D eigenvalue weighted by Crippen LogP contribution is 2.26. The number of hydrogen-bond acceptors (Lipinski definition) is 3. The number of furan rings is 1. The van der Waals surface area contributed by atoms with Crippen LogP contribution < -0.4 is 4.90 Å². The van der Waals surface area contributed by atoms with Crippen LogP contribution in [0.2, 0.25) is 0 Å². The Morgan fingerprint density at radius 3 is 2.64 bits per heavy atom. The molecule has 4 heteroatoms. The SMILES string of the molecule is N#CC(=Cc1ccc(N2CCCCC2)o1)c1ccccc1F. The van der Waals surface area contributed by atoms with Crippen LogP contribution >= 0.6 is 0 Å². The fourth-order valence-electron chi connectivity index (χ4n) is 2.70. The lowest BCUT2D eigenvalue weighted by molar-refractivity contribution is 0.496. The molecule has 0 unspecified atom stereocenters. The van der Waals surface area contributed by atoms with Gasteiger partial charge >= 0.3 is 0 Å². The molecule has 22 heavy (non-hydrogen) atoms. The molecule has 2 aromatic rings. The zero-order chi connectivity index (χ0) is 15.4. The Morgan fingerprint density at radius 2 is 1.91 bits per heavy atom. The summed E-state index contributed by atoms with van der Waals surface area (Å²) < 4.78 is 19.6. The maximum absolute atomic E-state index is 13.8. The lowest BCUT2D eigenvalue weighted by atomic mass is 10.1. The van der Waals surface area contributed by atoms with Gasteiger partial charge in [0.05, 0.1) is 11.6 Å². The lowest BCUT2D eigenvalue weighted by Crippen LogP contribution is -2.28. The third kappa shape index (κ3) is 3.04. The molecule has 3 rings (SSSR count). The van der Waals surface area contributed by atoms with Crippen molar-refractivity contribution in [2.75, 3.05) is 18.0 Å². The quantitative estimate of drug-likeness (QED) is 0.784. The summed E-state index contributed by atoms with van der Waals surface area (Å²) in [6, 6.07) is 12.0. The van der Waals surface area contributed by atoms with E-state index in [0.717, 1.165) is 19.0 Å². The average Bonchev–Trinajstić information content (AvgIpc) is 3.03. The minimum Gasteiger partial charge on any atom is -0.441 e. The van der Waals surface area contributed by atoms with Gasteiger partial charge < -0.3 is 9.32 Å². The topological polar surface area (TPSA) is 40.2 Å². The highest BCUT2D eigenvalue weighted by atomic mass is 19.1. The third-order valence-electron chi connectivity index (χ3n) is 3.85. The Hall–Kier alpha value is -2.54. The summed E-state index contributed by atoms with van der Waals surface area (Å²) in [4.78, 5) is 2.20. The largest absolute Gasteiger partial charge is 0.441 e. The fourth-order valence-corrected chi connectivity index (χ4v) is 2.70. The van der Waals surface area contributed by atoms with Gasteiger partial charge in [-0.15, -0.1) is 0 Å². The molecular weight excluding hydrogens is 279 g/mol. The number of halogens is 1. The molecule has 1 saturated heterocycles. The Bertz CT molecular complexity index is 721. The Morgan fingerprint density at radius 1 is 1.14 bits per heavy atom. The van der Waals surface area contributed by atoms with E-state index in [1.54, 1.807) is 24.3 Å². The Kier molecular flexibility index (Phi) is 4.24. The van der Waals surface area contributed by atoms with Crippen molar-refractivity contribution in [2.24, 2.45) is 0 Å². The van der Waals surface area contributed by atoms with Crippen LogP contribution in [0.25, 0.3) is 11.6 Å². The lowest BCUT2D eigenvalue weighted by Gasteiger charge is -2.25. The first kappa shape index (κ1) is 14.4. The van der Waals surface area contributed by atoms with Crippen LogP contribution in [0.3, 0.4) is 0 Å². The van der Waals surface area contributed by atoms with Crippen molar-refractivity contribution in [2.45, 2.75) is 19.3 Å². The molecule has 1 aliphatic heterocycles. The normalized spacial score (nSPS) is 15.6. The monoisotopic (exact) mass is 296 g/mol. The number of anilines is 1. The molecule has 2 heterocycles. The molecule has 0 saturated carbocycles. The number of hydrogen-bond donors (Lipinski definition) is 0. The molecule has 112 valence electrons. The summed E-state index contributed by atoms with van der Waals surface area (Å²) in [5.74, 6) is 0.982. The number of benzene rings is 1. The van der Waals surface area contributed by atoms with Crippen molar-refractivity contribution in [1.29, 1.82) is 5.26 Å². The third-order valence-corrected chi connectivity index (χ3v) is 3.85. The van der Waals surface area contributed by atoms with Gasteiger partial charge in [-0.1, -0.05) is 18.2 Å². The van der Waals surface area contributed by atoms with Gasteiger partial charge in [-0.3, -0.25) is 0 Å². The minimum atomic E-state index is -0.405. The number of nitrogens with zero attached hydrogens (tertiary/aromatic N) is 2. The van der Waals surface area contributed by atoms with E-state index in [0.29, 0.717) is 11.3 Å². The van der Waals surface area contributed by atoms with E-state index in [9.17, 15) is 9.65 Å². The van der Waals surface area contributed by atoms with E-state index in [1.807, 2.05) is 18.2 Å². The summed E-state index contributed by atoms with van der Waals surface area (Å²) >= 11 is 0. The molecule has 1 aromatic heterocycles. The smallest absolute Gasteiger partial charge is 0.196 e. The maximum Gasteiger partial charge on any atom is 0.196 e. The molecule has 0 radical (unpaired) electrons. The van der Waals surface area contributed by atoms with E-state index in [1.165, 1.54) is 25.3 Å². The van der Waals surface area contributed by atoms with Gasteiger partial charge in [-0.25, -0.2) is 4.39 Å². The second-order valence-electron chi connectivity index (χ2n) is 5.37. The molecule has 0 spiro atoms. The molecule has 1 aliphatic rings.